The highest BCUT2D eigenvalue weighted by atomic mass is 35.5. The van der Waals surface area contributed by atoms with E-state index in [0.717, 1.165) is 12.8 Å². The Morgan fingerprint density at radius 3 is 2.53 bits per heavy atom. The number of hydrogen-bond donors (Lipinski definition) is 1. The molecule has 11 heteroatoms. The van der Waals surface area contributed by atoms with E-state index in [1.165, 1.54) is 39.5 Å². The Morgan fingerprint density at radius 1 is 1.06 bits per heavy atom. The number of carbonyl (C=O) groups excluding carboxylic acids is 2. The first kappa shape index (κ1) is 24.5. The maximum atomic E-state index is 13.4. The van der Waals surface area contributed by atoms with E-state index in [2.05, 4.69) is 5.32 Å². The molecule has 178 valence electrons. The lowest BCUT2D eigenvalue weighted by Gasteiger charge is -2.35. The molecular formula is C23H22Cl2N4O4S. The number of nitrogens with zero attached hydrogens (tertiary/aromatic N) is 3. The van der Waals surface area contributed by atoms with Crippen molar-refractivity contribution in [2.24, 2.45) is 5.92 Å². The number of sulfonamides is 1. The lowest BCUT2D eigenvalue weighted by Crippen LogP contribution is -2.50. The molecule has 34 heavy (non-hydrogen) atoms. The molecule has 2 aromatic carbocycles. The van der Waals surface area contributed by atoms with Crippen LogP contribution in [0.5, 0.6) is 0 Å². The minimum absolute atomic E-state index is 0.0106. The van der Waals surface area contributed by atoms with Crippen LogP contribution in [0.4, 0.5) is 5.69 Å². The van der Waals surface area contributed by atoms with Crippen LogP contribution in [-0.4, -0.2) is 55.1 Å². The zero-order chi connectivity index (χ0) is 24.5. The Labute approximate surface area is 208 Å². The normalized spacial score (nSPS) is 19.2. The standard InChI is InChI=1S/C23H22Cl2N4O4S/c24-19-8-7-17(11-20(19)25)27-22(30)21-6-1-2-9-29(21)23(31)16-4-3-5-18(10-16)34(32,33)28-13-15(12-26)14-28/h3-5,7-8,10-11,15,21H,1-2,6,9,13-14H2,(H,27,30)/t21-/m1/s1. The van der Waals surface area contributed by atoms with Gasteiger partial charge in [0.25, 0.3) is 5.91 Å². The first-order chi connectivity index (χ1) is 16.2. The number of piperidine rings is 1. The second kappa shape index (κ2) is 9.92. The summed E-state index contributed by atoms with van der Waals surface area (Å²) in [5, 5.41) is 12.4. The van der Waals surface area contributed by atoms with Gasteiger partial charge in [0.15, 0.2) is 0 Å². The Hall–Kier alpha value is -2.64. The molecule has 2 heterocycles. The maximum absolute atomic E-state index is 13.4. The number of anilines is 1. The molecule has 1 atom stereocenters. The number of benzene rings is 2. The Kier molecular flexibility index (Phi) is 7.14. The van der Waals surface area contributed by atoms with Gasteiger partial charge in [0, 0.05) is 30.9 Å². The molecule has 0 radical (unpaired) electrons. The fraction of sp³-hybridized carbons (Fsp3) is 0.348. The summed E-state index contributed by atoms with van der Waals surface area (Å²) in [7, 11) is -3.80. The number of nitrogens with one attached hydrogen (secondary N) is 1. The average Bonchev–Trinajstić information content (AvgIpc) is 2.80. The molecule has 2 aliphatic rings. The van der Waals surface area contributed by atoms with Gasteiger partial charge in [0.2, 0.25) is 15.9 Å². The molecule has 2 fully saturated rings. The molecule has 0 unspecified atom stereocenters. The van der Waals surface area contributed by atoms with Gasteiger partial charge in [-0.05, 0) is 55.7 Å². The van der Waals surface area contributed by atoms with Crippen molar-refractivity contribution >= 4 is 50.7 Å². The van der Waals surface area contributed by atoms with Crippen LogP contribution < -0.4 is 5.32 Å². The molecule has 0 aliphatic carbocycles. The van der Waals surface area contributed by atoms with E-state index in [4.69, 9.17) is 28.5 Å². The van der Waals surface area contributed by atoms with E-state index in [1.807, 2.05) is 6.07 Å². The van der Waals surface area contributed by atoms with E-state index in [-0.39, 0.29) is 35.4 Å². The molecule has 1 N–H and O–H groups in total. The second-order valence-electron chi connectivity index (χ2n) is 8.30. The Morgan fingerprint density at radius 2 is 1.82 bits per heavy atom. The summed E-state index contributed by atoms with van der Waals surface area (Å²) >= 11 is 12.0. The second-order valence-corrected chi connectivity index (χ2v) is 11.1. The first-order valence-corrected chi connectivity index (χ1v) is 13.0. The third-order valence-electron chi connectivity index (χ3n) is 6.00. The van der Waals surface area contributed by atoms with Crippen LogP contribution in [0, 0.1) is 17.2 Å². The van der Waals surface area contributed by atoms with Crippen molar-refractivity contribution in [1.29, 1.82) is 5.26 Å². The van der Waals surface area contributed by atoms with Gasteiger partial charge in [-0.25, -0.2) is 8.42 Å². The number of carbonyl (C=O) groups is 2. The Balaban J connectivity index is 1.53. The minimum atomic E-state index is -3.80. The SMILES string of the molecule is N#CC1CN(S(=O)(=O)c2cccc(C(=O)N3CCCC[C@@H]3C(=O)Nc3ccc(Cl)c(Cl)c3)c2)C1. The number of nitriles is 1. The van der Waals surface area contributed by atoms with Gasteiger partial charge in [-0.15, -0.1) is 0 Å². The van der Waals surface area contributed by atoms with Crippen LogP contribution in [0.15, 0.2) is 47.4 Å². The predicted molar refractivity (Wildman–Crippen MR) is 128 cm³/mol. The van der Waals surface area contributed by atoms with E-state index in [0.29, 0.717) is 28.7 Å². The molecule has 2 aliphatic heterocycles. The predicted octanol–water partition coefficient (Wildman–Crippen LogP) is 3.77. The fourth-order valence-corrected chi connectivity index (χ4v) is 5.94. The molecule has 0 spiro atoms. The third-order valence-corrected chi connectivity index (χ3v) is 8.57. The number of rotatable bonds is 5. The molecule has 0 saturated carbocycles. The number of likely N-dealkylation sites (tertiary alicyclic amines) is 1. The first-order valence-electron chi connectivity index (χ1n) is 10.8. The molecule has 0 bridgehead atoms. The van der Waals surface area contributed by atoms with Gasteiger partial charge in [-0.2, -0.15) is 9.57 Å². The van der Waals surface area contributed by atoms with Crippen LogP contribution in [0.25, 0.3) is 0 Å². The molecule has 2 aromatic rings. The molecule has 2 amide bonds. The van der Waals surface area contributed by atoms with E-state index in [9.17, 15) is 18.0 Å². The van der Waals surface area contributed by atoms with Crippen molar-refractivity contribution in [3.8, 4) is 6.07 Å². The monoisotopic (exact) mass is 520 g/mol. The highest BCUT2D eigenvalue weighted by molar-refractivity contribution is 7.89. The van der Waals surface area contributed by atoms with Crippen molar-refractivity contribution in [2.75, 3.05) is 25.0 Å². The third kappa shape index (κ3) is 4.91. The molecule has 2 saturated heterocycles. The molecule has 4 rings (SSSR count). The van der Waals surface area contributed by atoms with Crippen molar-refractivity contribution in [1.82, 2.24) is 9.21 Å². The number of hydrogen-bond acceptors (Lipinski definition) is 5. The van der Waals surface area contributed by atoms with Crippen LogP contribution >= 0.6 is 23.2 Å². The van der Waals surface area contributed by atoms with Crippen LogP contribution in [0.2, 0.25) is 10.0 Å². The van der Waals surface area contributed by atoms with Crippen LogP contribution in [-0.2, 0) is 14.8 Å². The smallest absolute Gasteiger partial charge is 0.254 e. The summed E-state index contributed by atoms with van der Waals surface area (Å²) < 4.78 is 26.9. The summed E-state index contributed by atoms with van der Waals surface area (Å²) in [5.74, 6) is -1.08. The highest BCUT2D eigenvalue weighted by Gasteiger charge is 2.38. The van der Waals surface area contributed by atoms with Crippen molar-refractivity contribution in [3.05, 3.63) is 58.1 Å². The van der Waals surface area contributed by atoms with Gasteiger partial charge in [0.1, 0.15) is 6.04 Å². The van der Waals surface area contributed by atoms with E-state index < -0.39 is 22.0 Å². The van der Waals surface area contributed by atoms with Crippen molar-refractivity contribution in [2.45, 2.75) is 30.2 Å². The van der Waals surface area contributed by atoms with Gasteiger partial charge in [-0.3, -0.25) is 9.59 Å². The summed E-state index contributed by atoms with van der Waals surface area (Å²) in [5.41, 5.74) is 0.656. The van der Waals surface area contributed by atoms with E-state index in [1.54, 1.807) is 12.1 Å². The zero-order valence-corrected chi connectivity index (χ0v) is 20.4. The maximum Gasteiger partial charge on any atom is 0.254 e. The Bertz CT molecular complexity index is 1270. The summed E-state index contributed by atoms with van der Waals surface area (Å²) in [4.78, 5) is 27.8. The lowest BCUT2D eigenvalue weighted by atomic mass is 10.00. The summed E-state index contributed by atoms with van der Waals surface area (Å²) in [6.45, 7) is 0.658. The average molecular weight is 521 g/mol. The minimum Gasteiger partial charge on any atom is -0.327 e. The number of halogens is 2. The molecule has 0 aromatic heterocycles. The van der Waals surface area contributed by atoms with Gasteiger partial charge in [-0.1, -0.05) is 29.3 Å². The topological polar surface area (TPSA) is 111 Å². The van der Waals surface area contributed by atoms with Gasteiger partial charge in [0.05, 0.1) is 26.9 Å². The van der Waals surface area contributed by atoms with Crippen LogP contribution in [0.1, 0.15) is 29.6 Å². The summed E-state index contributed by atoms with van der Waals surface area (Å²) in [6, 6.07) is 11.9. The van der Waals surface area contributed by atoms with E-state index >= 15 is 0 Å². The van der Waals surface area contributed by atoms with Crippen LogP contribution in [0.3, 0.4) is 0 Å². The van der Waals surface area contributed by atoms with Crippen molar-refractivity contribution in [3.63, 3.8) is 0 Å². The molecular weight excluding hydrogens is 499 g/mol. The largest absolute Gasteiger partial charge is 0.327 e. The molecule has 8 nitrogen and oxygen atoms in total. The summed E-state index contributed by atoms with van der Waals surface area (Å²) in [6.07, 6.45) is 2.01. The quantitative estimate of drug-likeness (QED) is 0.644. The number of amides is 2. The lowest BCUT2D eigenvalue weighted by molar-refractivity contribution is -0.121. The van der Waals surface area contributed by atoms with Gasteiger partial charge < -0.3 is 10.2 Å². The zero-order valence-electron chi connectivity index (χ0n) is 18.1. The fourth-order valence-electron chi connectivity index (χ4n) is 4.07. The van der Waals surface area contributed by atoms with Crippen molar-refractivity contribution < 1.29 is 18.0 Å². The van der Waals surface area contributed by atoms with Gasteiger partial charge >= 0.3 is 0 Å². The highest BCUT2D eigenvalue weighted by Crippen LogP contribution is 2.28.